The van der Waals surface area contributed by atoms with Crippen molar-refractivity contribution >= 4 is 27.7 Å². The van der Waals surface area contributed by atoms with E-state index in [-0.39, 0.29) is 17.9 Å². The lowest BCUT2D eigenvalue weighted by molar-refractivity contribution is -0.122. The molecule has 1 aliphatic heterocycles. The van der Waals surface area contributed by atoms with Gasteiger partial charge in [-0.1, -0.05) is 0 Å². The van der Waals surface area contributed by atoms with Gasteiger partial charge in [-0.2, -0.15) is 0 Å². The number of aromatic nitrogens is 1. The van der Waals surface area contributed by atoms with E-state index in [1.54, 1.807) is 0 Å². The van der Waals surface area contributed by atoms with Gasteiger partial charge >= 0.3 is 0 Å². The molecular formula is C13H16BrN3O2. The standard InChI is InChI=1S/C13H16BrN3O2/c14-8-5-11(17(7-8)10-2-3-10)13(19)16-9-1-4-12(18)15-6-9/h5,7,9-10H,1-4,6H2,(H,15,18)(H,16,19). The first-order valence-corrected chi connectivity index (χ1v) is 7.38. The van der Waals surface area contributed by atoms with Gasteiger partial charge in [-0.05, 0) is 41.3 Å². The van der Waals surface area contributed by atoms with Gasteiger partial charge in [-0.15, -0.1) is 0 Å². The van der Waals surface area contributed by atoms with Crippen LogP contribution in [-0.2, 0) is 4.79 Å². The molecule has 19 heavy (non-hydrogen) atoms. The molecule has 2 N–H and O–H groups in total. The molecule has 1 saturated carbocycles. The molecule has 102 valence electrons. The number of carbonyl (C=O) groups is 2. The quantitative estimate of drug-likeness (QED) is 0.886. The van der Waals surface area contributed by atoms with Crippen LogP contribution in [0.15, 0.2) is 16.7 Å². The number of hydrogen-bond acceptors (Lipinski definition) is 2. The van der Waals surface area contributed by atoms with E-state index in [1.165, 1.54) is 0 Å². The van der Waals surface area contributed by atoms with E-state index in [1.807, 2.05) is 16.8 Å². The Morgan fingerprint density at radius 1 is 1.42 bits per heavy atom. The van der Waals surface area contributed by atoms with Gasteiger partial charge in [-0.25, -0.2) is 0 Å². The average Bonchev–Trinajstić information content (AvgIpc) is 3.15. The third kappa shape index (κ3) is 2.83. The number of piperidine rings is 1. The van der Waals surface area contributed by atoms with Crippen LogP contribution < -0.4 is 10.6 Å². The molecular weight excluding hydrogens is 310 g/mol. The van der Waals surface area contributed by atoms with Crippen molar-refractivity contribution in [2.75, 3.05) is 6.54 Å². The highest BCUT2D eigenvalue weighted by atomic mass is 79.9. The number of amides is 2. The van der Waals surface area contributed by atoms with Crippen LogP contribution in [0, 0.1) is 0 Å². The molecule has 0 aromatic carbocycles. The second kappa shape index (κ2) is 5.00. The molecule has 1 aliphatic carbocycles. The molecule has 2 heterocycles. The van der Waals surface area contributed by atoms with Gasteiger partial charge in [0.05, 0.1) is 0 Å². The Kier molecular flexibility index (Phi) is 3.35. The second-order valence-corrected chi connectivity index (χ2v) is 6.11. The molecule has 0 radical (unpaired) electrons. The normalized spacial score (nSPS) is 23.0. The number of carbonyl (C=O) groups excluding carboxylic acids is 2. The summed E-state index contributed by atoms with van der Waals surface area (Å²) in [6.45, 7) is 0.524. The maximum absolute atomic E-state index is 12.3. The van der Waals surface area contributed by atoms with Crippen LogP contribution in [0.4, 0.5) is 0 Å². The molecule has 3 rings (SSSR count). The highest BCUT2D eigenvalue weighted by molar-refractivity contribution is 9.10. The predicted octanol–water partition coefficient (Wildman–Crippen LogP) is 1.59. The zero-order chi connectivity index (χ0) is 13.4. The van der Waals surface area contributed by atoms with E-state index >= 15 is 0 Å². The van der Waals surface area contributed by atoms with E-state index in [0.29, 0.717) is 31.1 Å². The smallest absolute Gasteiger partial charge is 0.268 e. The fourth-order valence-electron chi connectivity index (χ4n) is 2.40. The molecule has 2 aliphatic rings. The van der Waals surface area contributed by atoms with Crippen molar-refractivity contribution in [2.45, 2.75) is 37.8 Å². The fraction of sp³-hybridized carbons (Fsp3) is 0.538. The van der Waals surface area contributed by atoms with Gasteiger partial charge in [0.15, 0.2) is 0 Å². The first kappa shape index (κ1) is 12.7. The summed E-state index contributed by atoms with van der Waals surface area (Å²) in [6.07, 6.45) is 5.44. The SMILES string of the molecule is O=C1CCC(NC(=O)c2cc(Br)cn2C2CC2)CN1. The van der Waals surface area contributed by atoms with Gasteiger partial charge < -0.3 is 15.2 Å². The summed E-state index contributed by atoms with van der Waals surface area (Å²) in [5.41, 5.74) is 0.700. The van der Waals surface area contributed by atoms with Crippen LogP contribution in [0.2, 0.25) is 0 Å². The number of nitrogens with zero attached hydrogens (tertiary/aromatic N) is 1. The monoisotopic (exact) mass is 325 g/mol. The summed E-state index contributed by atoms with van der Waals surface area (Å²) >= 11 is 3.42. The Morgan fingerprint density at radius 2 is 2.21 bits per heavy atom. The Hall–Kier alpha value is -1.30. The van der Waals surface area contributed by atoms with Crippen molar-refractivity contribution < 1.29 is 9.59 Å². The van der Waals surface area contributed by atoms with Crippen LogP contribution >= 0.6 is 15.9 Å². The topological polar surface area (TPSA) is 63.1 Å². The Labute approximate surface area is 119 Å². The lowest BCUT2D eigenvalue weighted by Crippen LogP contribution is -2.48. The lowest BCUT2D eigenvalue weighted by atomic mass is 10.1. The maximum Gasteiger partial charge on any atom is 0.268 e. The summed E-state index contributed by atoms with van der Waals surface area (Å²) in [5, 5.41) is 5.77. The van der Waals surface area contributed by atoms with Crippen LogP contribution in [0.25, 0.3) is 0 Å². The van der Waals surface area contributed by atoms with Gasteiger partial charge in [0.25, 0.3) is 5.91 Å². The minimum atomic E-state index is -0.0567. The van der Waals surface area contributed by atoms with Gasteiger partial charge in [0.2, 0.25) is 5.91 Å². The highest BCUT2D eigenvalue weighted by Gasteiger charge is 2.29. The van der Waals surface area contributed by atoms with E-state index < -0.39 is 0 Å². The molecule has 1 atom stereocenters. The van der Waals surface area contributed by atoms with E-state index in [2.05, 4.69) is 26.6 Å². The summed E-state index contributed by atoms with van der Waals surface area (Å²) < 4.78 is 2.97. The first-order valence-electron chi connectivity index (χ1n) is 6.58. The minimum absolute atomic E-state index is 0.0338. The minimum Gasteiger partial charge on any atom is -0.354 e. The number of halogens is 1. The summed E-state index contributed by atoms with van der Waals surface area (Å²) in [5.74, 6) is 0.00773. The molecule has 1 aromatic heterocycles. The molecule has 1 aromatic rings. The maximum atomic E-state index is 12.3. The van der Waals surface area contributed by atoms with Crippen molar-refractivity contribution in [1.29, 1.82) is 0 Å². The average molecular weight is 326 g/mol. The Balaban J connectivity index is 1.68. The van der Waals surface area contributed by atoms with Crippen LogP contribution in [0.3, 0.4) is 0 Å². The second-order valence-electron chi connectivity index (χ2n) is 5.20. The van der Waals surface area contributed by atoms with Gasteiger partial charge in [-0.3, -0.25) is 9.59 Å². The molecule has 6 heteroatoms. The van der Waals surface area contributed by atoms with E-state index in [9.17, 15) is 9.59 Å². The molecule has 1 unspecified atom stereocenters. The zero-order valence-electron chi connectivity index (χ0n) is 10.5. The third-order valence-electron chi connectivity index (χ3n) is 3.59. The molecule has 0 spiro atoms. The first-order chi connectivity index (χ1) is 9.13. The molecule has 1 saturated heterocycles. The predicted molar refractivity (Wildman–Crippen MR) is 73.9 cm³/mol. The molecule has 5 nitrogen and oxygen atoms in total. The van der Waals surface area contributed by atoms with E-state index in [4.69, 9.17) is 0 Å². The van der Waals surface area contributed by atoms with Gasteiger partial charge in [0.1, 0.15) is 5.69 Å². The molecule has 2 amide bonds. The summed E-state index contributed by atoms with van der Waals surface area (Å²) in [7, 11) is 0. The van der Waals surface area contributed by atoms with Crippen LogP contribution in [0.1, 0.15) is 42.2 Å². The molecule has 0 bridgehead atoms. The fourth-order valence-corrected chi connectivity index (χ4v) is 2.84. The number of rotatable bonds is 3. The van der Waals surface area contributed by atoms with E-state index in [0.717, 1.165) is 17.3 Å². The number of nitrogens with one attached hydrogen (secondary N) is 2. The summed E-state index contributed by atoms with van der Waals surface area (Å²) in [6, 6.07) is 2.36. The lowest BCUT2D eigenvalue weighted by Gasteiger charge is -2.23. The van der Waals surface area contributed by atoms with Crippen LogP contribution in [0.5, 0.6) is 0 Å². The Bertz CT molecular complexity index is 512. The zero-order valence-corrected chi connectivity index (χ0v) is 12.1. The number of hydrogen-bond donors (Lipinski definition) is 2. The van der Waals surface area contributed by atoms with Crippen molar-refractivity contribution in [3.05, 3.63) is 22.4 Å². The van der Waals surface area contributed by atoms with Crippen molar-refractivity contribution in [1.82, 2.24) is 15.2 Å². The molecule has 2 fully saturated rings. The largest absolute Gasteiger partial charge is 0.354 e. The van der Waals surface area contributed by atoms with Crippen molar-refractivity contribution in [2.24, 2.45) is 0 Å². The van der Waals surface area contributed by atoms with Crippen molar-refractivity contribution in [3.63, 3.8) is 0 Å². The highest BCUT2D eigenvalue weighted by Crippen LogP contribution is 2.37. The Morgan fingerprint density at radius 3 is 2.84 bits per heavy atom. The summed E-state index contributed by atoms with van der Waals surface area (Å²) in [4.78, 5) is 23.4. The van der Waals surface area contributed by atoms with Crippen molar-refractivity contribution in [3.8, 4) is 0 Å². The van der Waals surface area contributed by atoms with Crippen LogP contribution in [-0.4, -0.2) is 29.0 Å². The van der Waals surface area contributed by atoms with Gasteiger partial charge in [0, 0.05) is 35.7 Å². The third-order valence-corrected chi connectivity index (χ3v) is 4.02.